The highest BCUT2D eigenvalue weighted by molar-refractivity contribution is 7.99. The van der Waals surface area contributed by atoms with Gasteiger partial charge in [0, 0.05) is 0 Å². The second-order valence-electron chi connectivity index (χ2n) is 3.53. The zero-order chi connectivity index (χ0) is 13.0. The highest BCUT2D eigenvalue weighted by atomic mass is 32.2. The lowest BCUT2D eigenvalue weighted by Crippen LogP contribution is -2.12. The number of hydrogen-bond acceptors (Lipinski definition) is 4. The SMILES string of the molecule is COc1ccccc1Sc1cccc(C(=N)N)n1. The van der Waals surface area contributed by atoms with E-state index in [0.29, 0.717) is 5.69 Å². The van der Waals surface area contributed by atoms with Crippen LogP contribution in [-0.2, 0) is 0 Å². The summed E-state index contributed by atoms with van der Waals surface area (Å²) >= 11 is 1.48. The summed E-state index contributed by atoms with van der Waals surface area (Å²) in [6.45, 7) is 0. The van der Waals surface area contributed by atoms with Crippen LogP contribution < -0.4 is 10.5 Å². The molecule has 4 nitrogen and oxygen atoms in total. The maximum Gasteiger partial charge on any atom is 0.141 e. The molecule has 0 spiro atoms. The molecule has 1 aromatic carbocycles. The van der Waals surface area contributed by atoms with Crippen molar-refractivity contribution in [3.8, 4) is 5.75 Å². The Morgan fingerprint density at radius 1 is 1.22 bits per heavy atom. The van der Waals surface area contributed by atoms with E-state index in [9.17, 15) is 0 Å². The minimum Gasteiger partial charge on any atom is -0.496 e. The lowest BCUT2D eigenvalue weighted by molar-refractivity contribution is 0.405. The van der Waals surface area contributed by atoms with Gasteiger partial charge in [-0.1, -0.05) is 30.0 Å². The normalized spacial score (nSPS) is 10.1. The Hall–Kier alpha value is -2.01. The molecular weight excluding hydrogens is 246 g/mol. The van der Waals surface area contributed by atoms with Crippen LogP contribution in [-0.4, -0.2) is 17.9 Å². The van der Waals surface area contributed by atoms with Crippen LogP contribution in [0.1, 0.15) is 5.69 Å². The largest absolute Gasteiger partial charge is 0.496 e. The predicted molar refractivity (Wildman–Crippen MR) is 72.4 cm³/mol. The molecule has 0 atom stereocenters. The van der Waals surface area contributed by atoms with Crippen LogP contribution in [0.4, 0.5) is 0 Å². The van der Waals surface area contributed by atoms with Crippen molar-refractivity contribution in [2.75, 3.05) is 7.11 Å². The first-order valence-corrected chi connectivity index (χ1v) is 6.14. The number of benzene rings is 1. The molecule has 1 heterocycles. The van der Waals surface area contributed by atoms with Gasteiger partial charge >= 0.3 is 0 Å². The summed E-state index contributed by atoms with van der Waals surface area (Å²) in [6.07, 6.45) is 0. The van der Waals surface area contributed by atoms with Crippen LogP contribution in [0.3, 0.4) is 0 Å². The number of methoxy groups -OCH3 is 1. The van der Waals surface area contributed by atoms with Gasteiger partial charge in [0.25, 0.3) is 0 Å². The Labute approximate surface area is 110 Å². The number of nitrogens with one attached hydrogen (secondary N) is 1. The number of nitrogens with two attached hydrogens (primary N) is 1. The van der Waals surface area contributed by atoms with E-state index in [1.54, 1.807) is 13.2 Å². The number of pyridine rings is 1. The van der Waals surface area contributed by atoms with Crippen molar-refractivity contribution in [2.24, 2.45) is 5.73 Å². The molecule has 5 heteroatoms. The molecule has 92 valence electrons. The van der Waals surface area contributed by atoms with Crippen LogP contribution >= 0.6 is 11.8 Å². The lowest BCUT2D eigenvalue weighted by Gasteiger charge is -2.07. The molecular formula is C13H13N3OS. The average molecular weight is 259 g/mol. The topological polar surface area (TPSA) is 72.0 Å². The number of para-hydroxylation sites is 1. The zero-order valence-corrected chi connectivity index (χ0v) is 10.7. The Balaban J connectivity index is 2.28. The molecule has 0 aliphatic carbocycles. The molecule has 2 rings (SSSR count). The third-order valence-corrected chi connectivity index (χ3v) is 3.28. The molecule has 2 aromatic rings. The Bertz CT molecular complexity index is 572. The van der Waals surface area contributed by atoms with Gasteiger partial charge < -0.3 is 10.5 Å². The molecule has 3 N–H and O–H groups in total. The number of ether oxygens (including phenoxy) is 1. The summed E-state index contributed by atoms with van der Waals surface area (Å²) < 4.78 is 5.28. The third kappa shape index (κ3) is 2.81. The quantitative estimate of drug-likeness (QED) is 0.653. The van der Waals surface area contributed by atoms with Gasteiger partial charge in [-0.05, 0) is 24.3 Å². The minimum atomic E-state index is -0.0301. The molecule has 18 heavy (non-hydrogen) atoms. The Morgan fingerprint density at radius 2 is 2.00 bits per heavy atom. The third-order valence-electron chi connectivity index (χ3n) is 2.28. The van der Waals surface area contributed by atoms with Crippen molar-refractivity contribution < 1.29 is 4.74 Å². The minimum absolute atomic E-state index is 0.0301. The number of nitrogens with zero attached hydrogens (tertiary/aromatic N) is 1. The Kier molecular flexibility index (Phi) is 3.84. The van der Waals surface area contributed by atoms with E-state index in [-0.39, 0.29) is 5.84 Å². The van der Waals surface area contributed by atoms with Crippen molar-refractivity contribution >= 4 is 17.6 Å². The first-order valence-electron chi connectivity index (χ1n) is 5.33. The predicted octanol–water partition coefficient (Wildman–Crippen LogP) is 2.53. The molecule has 0 amide bonds. The van der Waals surface area contributed by atoms with Crippen molar-refractivity contribution in [1.82, 2.24) is 4.98 Å². The summed E-state index contributed by atoms with van der Waals surface area (Å²) in [4.78, 5) is 5.28. The molecule has 0 radical (unpaired) electrons. The van der Waals surface area contributed by atoms with Crippen molar-refractivity contribution in [2.45, 2.75) is 9.92 Å². The van der Waals surface area contributed by atoms with E-state index in [4.69, 9.17) is 15.9 Å². The average Bonchev–Trinajstić information content (AvgIpc) is 2.39. The summed E-state index contributed by atoms with van der Waals surface area (Å²) in [5.41, 5.74) is 5.90. The van der Waals surface area contributed by atoms with E-state index in [1.807, 2.05) is 36.4 Å². The van der Waals surface area contributed by atoms with E-state index in [2.05, 4.69) is 4.98 Å². The maximum atomic E-state index is 7.37. The summed E-state index contributed by atoms with van der Waals surface area (Å²) in [5, 5.41) is 8.16. The van der Waals surface area contributed by atoms with Crippen molar-refractivity contribution in [3.63, 3.8) is 0 Å². The first kappa shape index (κ1) is 12.4. The fraction of sp³-hybridized carbons (Fsp3) is 0.0769. The fourth-order valence-corrected chi connectivity index (χ4v) is 2.35. The number of rotatable bonds is 4. The lowest BCUT2D eigenvalue weighted by atomic mass is 10.3. The van der Waals surface area contributed by atoms with Gasteiger partial charge in [0.05, 0.1) is 12.0 Å². The molecule has 0 aliphatic rings. The van der Waals surface area contributed by atoms with Crippen molar-refractivity contribution in [3.05, 3.63) is 48.2 Å². The molecule has 0 bridgehead atoms. The number of hydrogen-bond donors (Lipinski definition) is 2. The van der Waals surface area contributed by atoms with Gasteiger partial charge in [-0.25, -0.2) is 4.98 Å². The molecule has 0 saturated carbocycles. The highest BCUT2D eigenvalue weighted by Crippen LogP contribution is 2.33. The van der Waals surface area contributed by atoms with E-state index >= 15 is 0 Å². The number of aromatic nitrogens is 1. The van der Waals surface area contributed by atoms with Crippen LogP contribution in [0.15, 0.2) is 52.4 Å². The first-order chi connectivity index (χ1) is 8.70. The molecule has 1 aromatic heterocycles. The molecule has 0 saturated heterocycles. The zero-order valence-electron chi connectivity index (χ0n) is 9.88. The van der Waals surface area contributed by atoms with Gasteiger partial charge in [0.2, 0.25) is 0 Å². The van der Waals surface area contributed by atoms with Gasteiger partial charge in [-0.15, -0.1) is 0 Å². The van der Waals surface area contributed by atoms with Gasteiger partial charge in [-0.2, -0.15) is 0 Å². The molecule has 0 aliphatic heterocycles. The maximum absolute atomic E-state index is 7.37. The van der Waals surface area contributed by atoms with Gasteiger partial charge in [0.15, 0.2) is 0 Å². The second kappa shape index (κ2) is 5.55. The Morgan fingerprint density at radius 3 is 2.72 bits per heavy atom. The second-order valence-corrected chi connectivity index (χ2v) is 4.59. The van der Waals surface area contributed by atoms with E-state index < -0.39 is 0 Å². The van der Waals surface area contributed by atoms with Crippen LogP contribution in [0.5, 0.6) is 5.75 Å². The van der Waals surface area contributed by atoms with Gasteiger partial charge in [-0.3, -0.25) is 5.41 Å². The van der Waals surface area contributed by atoms with Crippen LogP contribution in [0, 0.1) is 5.41 Å². The monoisotopic (exact) mass is 259 g/mol. The number of nitrogen functional groups attached to an aromatic ring is 1. The summed E-state index contributed by atoms with van der Waals surface area (Å²) in [7, 11) is 1.64. The summed E-state index contributed by atoms with van der Waals surface area (Å²) in [6, 6.07) is 13.2. The van der Waals surface area contributed by atoms with E-state index in [1.165, 1.54) is 11.8 Å². The standard InChI is InChI=1S/C13H13N3OS/c1-17-10-6-2-3-7-11(10)18-12-8-4-5-9(16-12)13(14)15/h2-8H,1H3,(H3,14,15). The molecule has 0 unspecified atom stereocenters. The van der Waals surface area contributed by atoms with E-state index in [0.717, 1.165) is 15.7 Å². The van der Waals surface area contributed by atoms with Crippen LogP contribution in [0.2, 0.25) is 0 Å². The van der Waals surface area contributed by atoms with Crippen molar-refractivity contribution in [1.29, 1.82) is 5.41 Å². The van der Waals surface area contributed by atoms with Crippen LogP contribution in [0.25, 0.3) is 0 Å². The molecule has 0 fully saturated rings. The van der Waals surface area contributed by atoms with Gasteiger partial charge in [0.1, 0.15) is 22.3 Å². The number of amidine groups is 1. The summed E-state index contributed by atoms with van der Waals surface area (Å²) in [5.74, 6) is 0.773. The fourth-order valence-electron chi connectivity index (χ4n) is 1.44. The smallest absolute Gasteiger partial charge is 0.141 e. The highest BCUT2D eigenvalue weighted by Gasteiger charge is 2.06.